The van der Waals surface area contributed by atoms with E-state index in [4.69, 9.17) is 4.74 Å². The summed E-state index contributed by atoms with van der Waals surface area (Å²) in [6.07, 6.45) is 1.63. The number of hydrogen-bond donors (Lipinski definition) is 1. The monoisotopic (exact) mass is 307 g/mol. The molecule has 0 aliphatic carbocycles. The van der Waals surface area contributed by atoms with Gasteiger partial charge in [0.1, 0.15) is 17.4 Å². The van der Waals surface area contributed by atoms with Gasteiger partial charge in [-0.1, -0.05) is 20.3 Å². The Morgan fingerprint density at radius 1 is 1.25 bits per heavy atom. The van der Waals surface area contributed by atoms with Crippen molar-refractivity contribution in [3.63, 3.8) is 0 Å². The molecule has 0 aliphatic rings. The van der Waals surface area contributed by atoms with Gasteiger partial charge < -0.3 is 10.1 Å². The second-order valence-electron chi connectivity index (χ2n) is 6.03. The molecule has 1 N–H and O–H groups in total. The number of nitrogens with one attached hydrogen (secondary N) is 1. The number of ether oxygens (including phenoxy) is 1. The van der Waals surface area contributed by atoms with E-state index in [2.05, 4.69) is 5.32 Å². The Bertz CT molecular complexity index is 450. The Balaban J connectivity index is 4.91. The molecule has 118 valence electrons. The fraction of sp³-hybridized carbons (Fsp3) is 0.846. The third kappa shape index (κ3) is 8.14. The Hall–Kier alpha value is -1.11. The molecule has 0 spiro atoms. The minimum absolute atomic E-state index is 0.145. The van der Waals surface area contributed by atoms with E-state index in [9.17, 15) is 18.0 Å². The zero-order chi connectivity index (χ0) is 16.1. The van der Waals surface area contributed by atoms with Crippen LogP contribution in [0.1, 0.15) is 41.0 Å². The second-order valence-corrected chi connectivity index (χ2v) is 8.17. The van der Waals surface area contributed by atoms with Gasteiger partial charge in [-0.2, -0.15) is 0 Å². The molecule has 0 rings (SSSR count). The van der Waals surface area contributed by atoms with Crippen molar-refractivity contribution < 1.29 is 22.7 Å². The van der Waals surface area contributed by atoms with Crippen LogP contribution in [-0.4, -0.2) is 43.9 Å². The quantitative estimate of drug-likeness (QED) is 0.737. The third-order valence-electron chi connectivity index (χ3n) is 2.58. The highest BCUT2D eigenvalue weighted by atomic mass is 32.2. The number of carbonyl (C=O) groups excluding carboxylic acids is 2. The van der Waals surface area contributed by atoms with Gasteiger partial charge in [0.25, 0.3) is 0 Å². The molecule has 1 amide bonds. The van der Waals surface area contributed by atoms with Gasteiger partial charge in [-0.3, -0.25) is 4.79 Å². The van der Waals surface area contributed by atoms with Crippen molar-refractivity contribution in [2.24, 2.45) is 5.92 Å². The van der Waals surface area contributed by atoms with Crippen LogP contribution in [0.15, 0.2) is 0 Å². The lowest BCUT2D eigenvalue weighted by molar-refractivity contribution is -0.160. The van der Waals surface area contributed by atoms with Gasteiger partial charge in [-0.15, -0.1) is 0 Å². The number of carbonyl (C=O) groups is 2. The predicted molar refractivity (Wildman–Crippen MR) is 76.9 cm³/mol. The maximum absolute atomic E-state index is 12.1. The lowest BCUT2D eigenvalue weighted by Crippen LogP contribution is -2.49. The maximum Gasteiger partial charge on any atom is 0.329 e. The molecule has 0 unspecified atom stereocenters. The van der Waals surface area contributed by atoms with Crippen molar-refractivity contribution in [3.8, 4) is 0 Å². The minimum atomic E-state index is -3.43. The van der Waals surface area contributed by atoms with Crippen molar-refractivity contribution in [1.29, 1.82) is 0 Å². The highest BCUT2D eigenvalue weighted by Gasteiger charge is 2.30. The van der Waals surface area contributed by atoms with Gasteiger partial charge in [0.2, 0.25) is 5.91 Å². The molecule has 6 nitrogen and oxygen atoms in total. The number of amides is 1. The van der Waals surface area contributed by atoms with E-state index in [1.807, 2.05) is 6.92 Å². The fourth-order valence-corrected chi connectivity index (χ4v) is 2.05. The number of rotatable bonds is 6. The molecule has 0 aromatic rings. The van der Waals surface area contributed by atoms with E-state index >= 15 is 0 Å². The molecule has 7 heteroatoms. The van der Waals surface area contributed by atoms with Crippen molar-refractivity contribution >= 4 is 21.7 Å². The van der Waals surface area contributed by atoms with E-state index in [0.717, 1.165) is 6.26 Å². The van der Waals surface area contributed by atoms with Crippen molar-refractivity contribution in [3.05, 3.63) is 0 Å². The van der Waals surface area contributed by atoms with Gasteiger partial charge in [0, 0.05) is 6.26 Å². The molecular weight excluding hydrogens is 282 g/mol. The normalized spacial score (nSPS) is 15.3. The van der Waals surface area contributed by atoms with E-state index in [0.29, 0.717) is 6.42 Å². The van der Waals surface area contributed by atoms with Gasteiger partial charge in [-0.25, -0.2) is 13.2 Å². The second kappa shape index (κ2) is 7.06. The lowest BCUT2D eigenvalue weighted by atomic mass is 9.99. The first-order valence-corrected chi connectivity index (χ1v) is 8.61. The number of esters is 1. The third-order valence-corrected chi connectivity index (χ3v) is 3.37. The van der Waals surface area contributed by atoms with Crippen LogP contribution in [0, 0.1) is 5.92 Å². The summed E-state index contributed by atoms with van der Waals surface area (Å²) in [6.45, 7) is 8.88. The highest BCUT2D eigenvalue weighted by molar-refractivity contribution is 7.91. The predicted octanol–water partition coefficient (Wildman–Crippen LogP) is 0.904. The van der Waals surface area contributed by atoms with Crippen LogP contribution in [0.2, 0.25) is 0 Å². The Kier molecular flexibility index (Phi) is 6.67. The molecule has 20 heavy (non-hydrogen) atoms. The summed E-state index contributed by atoms with van der Waals surface area (Å²) in [5, 5.41) is 2.45. The fourth-order valence-electron chi connectivity index (χ4n) is 1.49. The van der Waals surface area contributed by atoms with Gasteiger partial charge in [0.05, 0.1) is 0 Å². The molecular formula is C13H25NO5S. The standard InChI is InChI=1S/C13H25NO5S/c1-7-9(2)11(12(16)19-13(3,4)5)14-10(15)8-20(6,17)18/h9,11H,7-8H2,1-6H3,(H,14,15)/t9-,11-/m0/s1. The van der Waals surface area contributed by atoms with Gasteiger partial charge >= 0.3 is 5.97 Å². The first-order chi connectivity index (χ1) is 8.85. The molecule has 0 radical (unpaired) electrons. The van der Waals surface area contributed by atoms with Crippen LogP contribution in [0.25, 0.3) is 0 Å². The van der Waals surface area contributed by atoms with Crippen LogP contribution < -0.4 is 5.32 Å². The van der Waals surface area contributed by atoms with Crippen molar-refractivity contribution in [2.75, 3.05) is 12.0 Å². The van der Waals surface area contributed by atoms with E-state index in [-0.39, 0.29) is 5.92 Å². The highest BCUT2D eigenvalue weighted by Crippen LogP contribution is 2.14. The Labute approximate surface area is 121 Å². The van der Waals surface area contributed by atoms with E-state index in [1.54, 1.807) is 27.7 Å². The molecule has 0 saturated carbocycles. The summed E-state index contributed by atoms with van der Waals surface area (Å²) >= 11 is 0. The van der Waals surface area contributed by atoms with Crippen LogP contribution in [-0.2, 0) is 24.2 Å². The summed E-state index contributed by atoms with van der Waals surface area (Å²) in [5.41, 5.74) is -0.662. The molecule has 0 aromatic carbocycles. The maximum atomic E-state index is 12.1. The number of sulfone groups is 1. The molecule has 0 fully saturated rings. The van der Waals surface area contributed by atoms with Gasteiger partial charge in [-0.05, 0) is 26.7 Å². The first kappa shape index (κ1) is 18.9. The molecule has 0 saturated heterocycles. The van der Waals surface area contributed by atoms with Crippen LogP contribution in [0.4, 0.5) is 0 Å². The Morgan fingerprint density at radius 2 is 1.75 bits per heavy atom. The van der Waals surface area contributed by atoms with E-state index < -0.39 is 39.1 Å². The van der Waals surface area contributed by atoms with E-state index in [1.165, 1.54) is 0 Å². The lowest BCUT2D eigenvalue weighted by Gasteiger charge is -2.27. The summed E-state index contributed by atoms with van der Waals surface area (Å²) in [6, 6.07) is -0.839. The topological polar surface area (TPSA) is 89.5 Å². The number of hydrogen-bond acceptors (Lipinski definition) is 5. The zero-order valence-corrected chi connectivity index (χ0v) is 13.8. The largest absolute Gasteiger partial charge is 0.458 e. The minimum Gasteiger partial charge on any atom is -0.458 e. The van der Waals surface area contributed by atoms with Gasteiger partial charge in [0.15, 0.2) is 9.84 Å². The average Bonchev–Trinajstić information content (AvgIpc) is 2.19. The van der Waals surface area contributed by atoms with Crippen molar-refractivity contribution in [1.82, 2.24) is 5.32 Å². The molecule has 0 heterocycles. The van der Waals surface area contributed by atoms with Crippen molar-refractivity contribution in [2.45, 2.75) is 52.7 Å². The summed E-state index contributed by atoms with van der Waals surface area (Å²) in [4.78, 5) is 23.7. The molecule has 0 aliphatic heterocycles. The summed E-state index contributed by atoms with van der Waals surface area (Å²) < 4.78 is 27.4. The molecule has 0 aromatic heterocycles. The van der Waals surface area contributed by atoms with Crippen LogP contribution >= 0.6 is 0 Å². The zero-order valence-electron chi connectivity index (χ0n) is 13.0. The first-order valence-electron chi connectivity index (χ1n) is 6.55. The Morgan fingerprint density at radius 3 is 2.10 bits per heavy atom. The molecule has 2 atom stereocenters. The SMILES string of the molecule is CC[C@H](C)[C@H](NC(=O)CS(C)(=O)=O)C(=O)OC(C)(C)C. The van der Waals surface area contributed by atoms with Crippen LogP contribution in [0.5, 0.6) is 0 Å². The summed E-state index contributed by atoms with van der Waals surface area (Å²) in [5.74, 6) is -2.02. The smallest absolute Gasteiger partial charge is 0.329 e. The van der Waals surface area contributed by atoms with Crippen LogP contribution in [0.3, 0.4) is 0 Å². The molecule has 0 bridgehead atoms. The summed E-state index contributed by atoms with van der Waals surface area (Å²) in [7, 11) is -3.43. The average molecular weight is 307 g/mol.